The summed E-state index contributed by atoms with van der Waals surface area (Å²) in [6.07, 6.45) is 2.70. The van der Waals surface area contributed by atoms with Gasteiger partial charge in [0.1, 0.15) is 11.1 Å². The number of methoxy groups -OCH3 is 1. The molecule has 1 aliphatic rings. The van der Waals surface area contributed by atoms with E-state index in [1.807, 2.05) is 0 Å². The number of phenolic OH excluding ortho intramolecular Hbond substituents is 3. The molecule has 0 aliphatic heterocycles. The van der Waals surface area contributed by atoms with Gasteiger partial charge in [-0.25, -0.2) is 0 Å². The third kappa shape index (κ3) is 2.16. The van der Waals surface area contributed by atoms with Crippen LogP contribution >= 0.6 is 0 Å². The summed E-state index contributed by atoms with van der Waals surface area (Å²) in [6.45, 7) is 0. The Hall–Kier alpha value is -3.42. The fourth-order valence-electron chi connectivity index (χ4n) is 2.46. The maximum absolute atomic E-state index is 12.3. The van der Waals surface area contributed by atoms with Gasteiger partial charge in [0.2, 0.25) is 22.7 Å². The van der Waals surface area contributed by atoms with Crippen molar-refractivity contribution in [3.63, 3.8) is 0 Å². The van der Waals surface area contributed by atoms with Crippen molar-refractivity contribution < 1.29 is 34.4 Å². The van der Waals surface area contributed by atoms with Gasteiger partial charge in [-0.05, 0) is 18.6 Å². The first-order valence-corrected chi connectivity index (χ1v) is 6.78. The topological polar surface area (TPSA) is 137 Å². The van der Waals surface area contributed by atoms with Crippen molar-refractivity contribution in [3.8, 4) is 23.0 Å². The van der Waals surface area contributed by atoms with E-state index < -0.39 is 45.2 Å². The maximum atomic E-state index is 12.3. The van der Waals surface area contributed by atoms with E-state index in [1.165, 1.54) is 13.2 Å². The molecule has 0 spiro atoms. The summed E-state index contributed by atoms with van der Waals surface area (Å²) < 4.78 is 10.2. The molecule has 0 atom stereocenters. The average molecular weight is 332 g/mol. The van der Waals surface area contributed by atoms with E-state index in [2.05, 4.69) is 0 Å². The molecule has 1 aromatic carbocycles. The van der Waals surface area contributed by atoms with Crippen LogP contribution in [0.4, 0.5) is 0 Å². The lowest BCUT2D eigenvalue weighted by molar-refractivity contribution is -0.114. The fraction of sp³-hybridized carbons (Fsp3) is 0.125. The summed E-state index contributed by atoms with van der Waals surface area (Å²) in [5, 5.41) is 38.7. The molecular formula is C16H12O8. The zero-order valence-corrected chi connectivity index (χ0v) is 12.4. The van der Waals surface area contributed by atoms with Gasteiger partial charge >= 0.3 is 0 Å². The second kappa shape index (κ2) is 5.34. The van der Waals surface area contributed by atoms with Crippen molar-refractivity contribution in [2.45, 2.75) is 6.42 Å². The van der Waals surface area contributed by atoms with Crippen LogP contribution in [-0.2, 0) is 9.53 Å². The van der Waals surface area contributed by atoms with Gasteiger partial charge in [-0.2, -0.15) is 0 Å². The molecule has 4 N–H and O–H groups in total. The second-order valence-corrected chi connectivity index (χ2v) is 5.09. The minimum Gasteiger partial charge on any atom is -0.507 e. The molecule has 0 unspecified atom stereocenters. The third-order valence-electron chi connectivity index (χ3n) is 3.64. The molecule has 24 heavy (non-hydrogen) atoms. The fourth-order valence-corrected chi connectivity index (χ4v) is 2.46. The number of rotatable bonds is 2. The number of hydrogen-bond donors (Lipinski definition) is 4. The van der Waals surface area contributed by atoms with Crippen LogP contribution in [0, 0.1) is 0 Å². The largest absolute Gasteiger partial charge is 0.507 e. The highest BCUT2D eigenvalue weighted by Crippen LogP contribution is 2.41. The molecule has 3 rings (SSSR count). The molecule has 2 aromatic rings. The number of ketones is 1. The van der Waals surface area contributed by atoms with Crippen molar-refractivity contribution in [3.05, 3.63) is 40.0 Å². The molecule has 0 bridgehead atoms. The summed E-state index contributed by atoms with van der Waals surface area (Å²) in [7, 11) is 1.33. The van der Waals surface area contributed by atoms with Gasteiger partial charge in [0.15, 0.2) is 22.9 Å². The minimum atomic E-state index is -1.01. The molecule has 1 aromatic heterocycles. The van der Waals surface area contributed by atoms with Crippen LogP contribution in [0.3, 0.4) is 0 Å². The lowest BCUT2D eigenvalue weighted by Crippen LogP contribution is -2.09. The monoisotopic (exact) mass is 332 g/mol. The number of allylic oxidation sites excluding steroid dienone is 3. The van der Waals surface area contributed by atoms with Crippen LogP contribution in [-0.4, -0.2) is 33.3 Å². The highest BCUT2D eigenvalue weighted by atomic mass is 16.5. The number of fused-ring (bicyclic) bond motifs is 1. The van der Waals surface area contributed by atoms with E-state index >= 15 is 0 Å². The van der Waals surface area contributed by atoms with E-state index in [0.717, 1.165) is 12.1 Å². The Balaban J connectivity index is 2.28. The maximum Gasteiger partial charge on any atom is 0.238 e. The lowest BCUT2D eigenvalue weighted by atomic mass is 10.00. The molecule has 1 heterocycles. The Morgan fingerprint density at radius 3 is 2.42 bits per heavy atom. The Kier molecular flexibility index (Phi) is 3.44. The van der Waals surface area contributed by atoms with Crippen LogP contribution in [0.5, 0.6) is 23.0 Å². The van der Waals surface area contributed by atoms with Gasteiger partial charge in [0.05, 0.1) is 7.11 Å². The Labute approximate surface area is 134 Å². The predicted molar refractivity (Wildman–Crippen MR) is 81.8 cm³/mol. The molecule has 0 saturated heterocycles. The van der Waals surface area contributed by atoms with Crippen LogP contribution in [0.1, 0.15) is 12.2 Å². The van der Waals surface area contributed by atoms with Gasteiger partial charge in [-0.1, -0.05) is 0 Å². The zero-order chi connectivity index (χ0) is 17.6. The third-order valence-corrected chi connectivity index (χ3v) is 3.64. The van der Waals surface area contributed by atoms with E-state index in [-0.39, 0.29) is 23.5 Å². The van der Waals surface area contributed by atoms with E-state index in [0.29, 0.717) is 0 Å². The number of carbonyl (C=O) groups is 1. The smallest absolute Gasteiger partial charge is 0.238 e. The van der Waals surface area contributed by atoms with Crippen molar-refractivity contribution >= 4 is 22.3 Å². The minimum absolute atomic E-state index is 0.111. The first kappa shape index (κ1) is 15.5. The van der Waals surface area contributed by atoms with E-state index in [9.17, 15) is 30.0 Å². The zero-order valence-electron chi connectivity index (χ0n) is 12.4. The van der Waals surface area contributed by atoms with Crippen molar-refractivity contribution in [1.82, 2.24) is 0 Å². The lowest BCUT2D eigenvalue weighted by Gasteiger charge is -2.13. The number of ether oxygens (including phenoxy) is 1. The quantitative estimate of drug-likeness (QED) is 0.479. The van der Waals surface area contributed by atoms with Crippen LogP contribution < -0.4 is 5.43 Å². The number of hydrogen-bond acceptors (Lipinski definition) is 8. The highest BCUT2D eigenvalue weighted by molar-refractivity contribution is 6.09. The molecule has 0 fully saturated rings. The average Bonchev–Trinajstić information content (AvgIpc) is 2.55. The number of phenols is 3. The summed E-state index contributed by atoms with van der Waals surface area (Å²) in [5.41, 5.74) is -1.33. The molecule has 0 radical (unpaired) electrons. The predicted octanol–water partition coefficient (Wildman–Crippen LogP) is 1.50. The van der Waals surface area contributed by atoms with Crippen molar-refractivity contribution in [2.24, 2.45) is 0 Å². The van der Waals surface area contributed by atoms with Crippen molar-refractivity contribution in [1.29, 1.82) is 0 Å². The summed E-state index contributed by atoms with van der Waals surface area (Å²) in [5.74, 6) is -3.66. The van der Waals surface area contributed by atoms with Crippen LogP contribution in [0.25, 0.3) is 16.5 Å². The first-order valence-electron chi connectivity index (χ1n) is 6.78. The second-order valence-electron chi connectivity index (χ2n) is 5.09. The molecule has 1 aliphatic carbocycles. The Morgan fingerprint density at radius 2 is 1.79 bits per heavy atom. The SMILES string of the molecule is COC1=CCC(c2oc3c(O)c(O)cc(O)c3c(=O)c2O)=CC1=O. The van der Waals surface area contributed by atoms with E-state index in [4.69, 9.17) is 9.15 Å². The van der Waals surface area contributed by atoms with Gasteiger partial charge in [-0.15, -0.1) is 0 Å². The number of carbonyl (C=O) groups excluding carboxylic acids is 1. The Bertz CT molecular complexity index is 994. The highest BCUT2D eigenvalue weighted by Gasteiger charge is 2.25. The standard InChI is InChI=1S/C16H12O8/c1-23-10-3-2-6(4-7(10)17)15-14(22)13(21)11-8(18)5-9(19)12(20)16(11)24-15/h3-5,18-20,22H,2H2,1H3. The molecule has 8 heteroatoms. The summed E-state index contributed by atoms with van der Waals surface area (Å²) >= 11 is 0. The van der Waals surface area contributed by atoms with Crippen molar-refractivity contribution in [2.75, 3.05) is 7.11 Å². The molecule has 124 valence electrons. The van der Waals surface area contributed by atoms with Crippen LogP contribution in [0.2, 0.25) is 0 Å². The van der Waals surface area contributed by atoms with Gasteiger partial charge in [0.25, 0.3) is 0 Å². The van der Waals surface area contributed by atoms with Crippen LogP contribution in [0.15, 0.2) is 33.2 Å². The van der Waals surface area contributed by atoms with Gasteiger partial charge in [-0.3, -0.25) is 9.59 Å². The van der Waals surface area contributed by atoms with E-state index in [1.54, 1.807) is 0 Å². The van der Waals surface area contributed by atoms with Gasteiger partial charge < -0.3 is 29.6 Å². The number of benzene rings is 1. The molecule has 0 saturated carbocycles. The molecule has 8 nitrogen and oxygen atoms in total. The number of aromatic hydroxyl groups is 4. The molecule has 0 amide bonds. The summed E-state index contributed by atoms with van der Waals surface area (Å²) in [4.78, 5) is 24.1. The Morgan fingerprint density at radius 1 is 1.08 bits per heavy atom. The summed E-state index contributed by atoms with van der Waals surface area (Å²) in [6, 6.07) is 0.755. The first-order chi connectivity index (χ1) is 11.3. The molecular weight excluding hydrogens is 320 g/mol. The normalized spacial score (nSPS) is 14.5. The van der Waals surface area contributed by atoms with Gasteiger partial charge in [0, 0.05) is 11.6 Å².